The molecule has 2 heterocycles. The summed E-state index contributed by atoms with van der Waals surface area (Å²) in [6, 6.07) is 8.70. The summed E-state index contributed by atoms with van der Waals surface area (Å²) in [7, 11) is 0. The summed E-state index contributed by atoms with van der Waals surface area (Å²) < 4.78 is 2.23. The van der Waals surface area contributed by atoms with Crippen LogP contribution in [0.25, 0.3) is 5.52 Å². The van der Waals surface area contributed by atoms with Crippen LogP contribution in [-0.2, 0) is 12.8 Å². The van der Waals surface area contributed by atoms with Gasteiger partial charge in [-0.05, 0) is 24.5 Å². The van der Waals surface area contributed by atoms with Gasteiger partial charge < -0.3 is 0 Å². The fourth-order valence-corrected chi connectivity index (χ4v) is 2.23. The van der Waals surface area contributed by atoms with Crippen LogP contribution in [0.5, 0.6) is 0 Å². The molecule has 1 heteroatoms. The minimum atomic E-state index is 1.19. The van der Waals surface area contributed by atoms with E-state index in [-0.39, 0.29) is 0 Å². The molecule has 84 valence electrons. The molecule has 0 fully saturated rings. The molecule has 1 nitrogen and oxygen atoms in total. The number of hydrogen-bond donors (Lipinski definition) is 0. The molecule has 0 amide bonds. The summed E-state index contributed by atoms with van der Waals surface area (Å²) in [5, 5.41) is 0. The number of fused-ring (bicyclic) bond motifs is 1. The predicted octanol–water partition coefficient (Wildman–Crippen LogP) is 3.33. The minimum Gasteiger partial charge on any atom is -0.167 e. The Morgan fingerprint density at radius 2 is 1.75 bits per heavy atom. The van der Waals surface area contributed by atoms with Crippen LogP contribution >= 0.6 is 0 Å². The fourth-order valence-electron chi connectivity index (χ4n) is 2.23. The molecule has 0 saturated heterocycles. The van der Waals surface area contributed by atoms with Gasteiger partial charge in [0.25, 0.3) is 0 Å². The number of nitrogens with zero attached hydrogens (tertiary/aromatic N) is 1. The zero-order chi connectivity index (χ0) is 11.4. The van der Waals surface area contributed by atoms with E-state index in [0.29, 0.717) is 0 Å². The van der Waals surface area contributed by atoms with Crippen molar-refractivity contribution in [2.45, 2.75) is 39.5 Å². The second-order valence-electron chi connectivity index (χ2n) is 4.36. The van der Waals surface area contributed by atoms with Gasteiger partial charge in [0.1, 0.15) is 0 Å². The molecule has 0 atom stereocenters. The summed E-state index contributed by atoms with van der Waals surface area (Å²) >= 11 is 0. The summed E-state index contributed by atoms with van der Waals surface area (Å²) in [6.07, 6.45) is 9.25. The van der Waals surface area contributed by atoms with E-state index in [2.05, 4.69) is 54.9 Å². The molecule has 0 aliphatic heterocycles. The quantitative estimate of drug-likeness (QED) is 0.687. The third-order valence-corrected chi connectivity index (χ3v) is 2.99. The van der Waals surface area contributed by atoms with Crippen LogP contribution in [-0.4, -0.2) is 0 Å². The van der Waals surface area contributed by atoms with Crippen molar-refractivity contribution in [3.05, 3.63) is 47.8 Å². The fraction of sp³-hybridized carbons (Fsp3) is 0.400. The highest BCUT2D eigenvalue weighted by molar-refractivity contribution is 5.43. The molecule has 0 aliphatic rings. The lowest BCUT2D eigenvalue weighted by atomic mass is 10.0. The minimum absolute atomic E-state index is 1.19. The molecule has 2 aromatic rings. The van der Waals surface area contributed by atoms with Crippen LogP contribution in [0, 0.1) is 0 Å². The van der Waals surface area contributed by atoms with Gasteiger partial charge in [0, 0.05) is 23.8 Å². The van der Waals surface area contributed by atoms with Gasteiger partial charge in [0.15, 0.2) is 12.4 Å². The zero-order valence-corrected chi connectivity index (χ0v) is 10.2. The second-order valence-corrected chi connectivity index (χ2v) is 4.36. The molecule has 2 aromatic heterocycles. The molecule has 16 heavy (non-hydrogen) atoms. The van der Waals surface area contributed by atoms with Crippen LogP contribution in [0.3, 0.4) is 0 Å². The number of rotatable bonds is 4. The Bertz CT molecular complexity index is 429. The number of hydrogen-bond acceptors (Lipinski definition) is 0. The monoisotopic (exact) mass is 214 g/mol. The van der Waals surface area contributed by atoms with Crippen LogP contribution < -0.4 is 4.40 Å². The van der Waals surface area contributed by atoms with Crippen molar-refractivity contribution in [2.24, 2.45) is 0 Å². The third kappa shape index (κ3) is 2.24. The Morgan fingerprint density at radius 3 is 2.50 bits per heavy atom. The second kappa shape index (κ2) is 5.11. The van der Waals surface area contributed by atoms with Gasteiger partial charge in [-0.25, -0.2) is 0 Å². The lowest BCUT2D eigenvalue weighted by Gasteiger charge is -2.05. The Balaban J connectivity index is 2.51. The first kappa shape index (κ1) is 11.1. The van der Waals surface area contributed by atoms with E-state index in [0.717, 1.165) is 0 Å². The van der Waals surface area contributed by atoms with E-state index in [1.807, 2.05) is 0 Å². The van der Waals surface area contributed by atoms with Gasteiger partial charge in [-0.1, -0.05) is 26.7 Å². The first-order chi connectivity index (χ1) is 7.85. The molecular weight excluding hydrogens is 194 g/mol. The largest absolute Gasteiger partial charge is 0.210 e. The Hall–Kier alpha value is -1.37. The molecule has 0 unspecified atom stereocenters. The maximum absolute atomic E-state index is 2.34. The standard InChI is InChI=1S/C15H20N/c1-3-7-13-11-15-9-5-6-10-16(15)12-14(13)8-4-2/h5-6,9-12H,3-4,7-8H2,1-2H3/q+1. The lowest BCUT2D eigenvalue weighted by Crippen LogP contribution is -2.22. The van der Waals surface area contributed by atoms with Gasteiger partial charge >= 0.3 is 0 Å². The molecular formula is C15H20N+. The van der Waals surface area contributed by atoms with Crippen LogP contribution in [0.15, 0.2) is 36.7 Å². The van der Waals surface area contributed by atoms with Gasteiger partial charge in [-0.3, -0.25) is 0 Å². The van der Waals surface area contributed by atoms with Crippen LogP contribution in [0.4, 0.5) is 0 Å². The third-order valence-electron chi connectivity index (χ3n) is 2.99. The molecule has 0 spiro atoms. The zero-order valence-electron chi connectivity index (χ0n) is 10.2. The van der Waals surface area contributed by atoms with Gasteiger partial charge in [0.05, 0.1) is 0 Å². The predicted molar refractivity (Wildman–Crippen MR) is 67.6 cm³/mol. The van der Waals surface area contributed by atoms with Crippen LogP contribution in [0.2, 0.25) is 0 Å². The molecule has 0 aromatic carbocycles. The van der Waals surface area contributed by atoms with E-state index in [9.17, 15) is 0 Å². The summed E-state index contributed by atoms with van der Waals surface area (Å²) in [5.41, 5.74) is 4.33. The molecule has 0 bridgehead atoms. The van der Waals surface area contributed by atoms with Crippen molar-refractivity contribution < 1.29 is 4.40 Å². The molecule has 0 N–H and O–H groups in total. The maximum atomic E-state index is 2.34. The van der Waals surface area contributed by atoms with E-state index in [4.69, 9.17) is 0 Å². The molecule has 0 aliphatic carbocycles. The summed E-state index contributed by atoms with van der Waals surface area (Å²) in [4.78, 5) is 0. The van der Waals surface area contributed by atoms with E-state index >= 15 is 0 Å². The Labute approximate surface area is 97.7 Å². The van der Waals surface area contributed by atoms with Crippen molar-refractivity contribution in [3.63, 3.8) is 0 Å². The van der Waals surface area contributed by atoms with Gasteiger partial charge in [-0.15, -0.1) is 0 Å². The number of aryl methyl sites for hydroxylation is 2. The molecule has 0 radical (unpaired) electrons. The van der Waals surface area contributed by atoms with Crippen molar-refractivity contribution >= 4 is 5.52 Å². The van der Waals surface area contributed by atoms with Crippen molar-refractivity contribution in [1.29, 1.82) is 0 Å². The van der Waals surface area contributed by atoms with Gasteiger partial charge in [-0.2, -0.15) is 4.40 Å². The highest BCUT2D eigenvalue weighted by atomic mass is 14.8. The van der Waals surface area contributed by atoms with E-state index in [1.54, 1.807) is 0 Å². The summed E-state index contributed by atoms with van der Waals surface area (Å²) in [6.45, 7) is 4.49. The Morgan fingerprint density at radius 1 is 1.00 bits per heavy atom. The normalized spacial score (nSPS) is 10.9. The van der Waals surface area contributed by atoms with Crippen molar-refractivity contribution in [1.82, 2.24) is 0 Å². The van der Waals surface area contributed by atoms with Crippen molar-refractivity contribution in [2.75, 3.05) is 0 Å². The van der Waals surface area contributed by atoms with E-state index in [1.165, 1.54) is 42.3 Å². The highest BCUT2D eigenvalue weighted by Crippen LogP contribution is 2.13. The Kier molecular flexibility index (Phi) is 3.55. The maximum Gasteiger partial charge on any atom is 0.210 e. The van der Waals surface area contributed by atoms with Crippen LogP contribution in [0.1, 0.15) is 37.8 Å². The molecule has 0 saturated carbocycles. The van der Waals surface area contributed by atoms with Crippen molar-refractivity contribution in [3.8, 4) is 0 Å². The lowest BCUT2D eigenvalue weighted by molar-refractivity contribution is -0.512. The first-order valence-corrected chi connectivity index (χ1v) is 6.27. The topological polar surface area (TPSA) is 4.10 Å². The number of pyridine rings is 2. The number of aromatic nitrogens is 1. The highest BCUT2D eigenvalue weighted by Gasteiger charge is 2.09. The average Bonchev–Trinajstić information content (AvgIpc) is 2.30. The first-order valence-electron chi connectivity index (χ1n) is 6.27. The average molecular weight is 214 g/mol. The van der Waals surface area contributed by atoms with E-state index < -0.39 is 0 Å². The summed E-state index contributed by atoms with van der Waals surface area (Å²) in [5.74, 6) is 0. The smallest absolute Gasteiger partial charge is 0.167 e. The molecule has 2 rings (SSSR count). The van der Waals surface area contributed by atoms with Gasteiger partial charge in [0.2, 0.25) is 5.52 Å². The SMILES string of the molecule is CCCc1cc2cccc[n+]2cc1CCC.